The minimum Gasteiger partial charge on any atom is -0.755 e. The molecule has 0 bridgehead atoms. The lowest BCUT2D eigenvalue weighted by molar-refractivity contribution is 0.0697. The molecule has 0 aliphatic heterocycles. The molecule has 1 atom stereocenters. The van der Waals surface area contributed by atoms with Crippen LogP contribution in [-0.2, 0) is 39.9 Å². The lowest BCUT2D eigenvalue weighted by Crippen LogP contribution is -2.35. The fraction of sp³-hybridized carbons (Fsp3) is 0.200. The van der Waals surface area contributed by atoms with Gasteiger partial charge in [-0.15, -0.1) is 0 Å². The van der Waals surface area contributed by atoms with E-state index in [-0.39, 0.29) is 36.5 Å². The van der Waals surface area contributed by atoms with Gasteiger partial charge in [-0.3, -0.25) is 13.5 Å². The molecule has 12 heteroatoms. The highest BCUT2D eigenvalue weighted by Crippen LogP contribution is 2.27. The van der Waals surface area contributed by atoms with Gasteiger partial charge in [-0.05, 0) is 85.3 Å². The number of benzene rings is 4. The lowest BCUT2D eigenvalue weighted by atomic mass is 10.0. The number of fused-ring (bicyclic) bond motifs is 1. The third-order valence-corrected chi connectivity index (χ3v) is 10.7. The van der Waals surface area contributed by atoms with Crippen LogP contribution in [0, 0.1) is 0 Å². The average molecular weight is 736 g/mol. The Kier molecular flexibility index (Phi) is 11.4. The summed E-state index contributed by atoms with van der Waals surface area (Å²) in [5.41, 5.74) is 3.82. The maximum Gasteiger partial charge on any atom is 0.337 e. The molecule has 1 unspecified atom stereocenters. The third kappa shape index (κ3) is 9.04. The zero-order valence-electron chi connectivity index (χ0n) is 25.4. The molecule has 0 aliphatic carbocycles. The van der Waals surface area contributed by atoms with E-state index < -0.39 is 27.3 Å². The summed E-state index contributed by atoms with van der Waals surface area (Å²) in [6, 6.07) is 32.2. The van der Waals surface area contributed by atoms with Gasteiger partial charge in [0.05, 0.1) is 22.5 Å². The van der Waals surface area contributed by atoms with E-state index in [0.29, 0.717) is 30.5 Å². The van der Waals surface area contributed by atoms with Crippen molar-refractivity contribution in [1.29, 1.82) is 0 Å². The van der Waals surface area contributed by atoms with Gasteiger partial charge in [-0.2, -0.15) is 0 Å². The fourth-order valence-electron chi connectivity index (χ4n) is 5.37. The van der Waals surface area contributed by atoms with Crippen molar-refractivity contribution in [1.82, 2.24) is 4.98 Å². The molecule has 0 fully saturated rings. The quantitative estimate of drug-likeness (QED) is 0.0915. The molecule has 4 aromatic carbocycles. The van der Waals surface area contributed by atoms with E-state index in [2.05, 4.69) is 15.9 Å². The Morgan fingerprint density at radius 1 is 0.830 bits per heavy atom. The summed E-state index contributed by atoms with van der Waals surface area (Å²) >= 11 is 0.808. The molecular formula is C35H33BrN3O6S2-. The number of nitrogens with zero attached hydrogens (tertiary/aromatic N) is 3. The first-order valence-corrected chi connectivity index (χ1v) is 18.4. The van der Waals surface area contributed by atoms with Crippen LogP contribution in [0.4, 0.5) is 11.4 Å². The molecule has 1 aromatic heterocycles. The standard InChI is InChI=1S/C35H34BrN3O6S2/c36-29-16-20-31(21-17-29)38(46(42)43)22-5-6-23-39(34-13-4-2-11-32(34)35(40)41)47(44,45)25-27-9-7-8-26(24-27)14-18-30-19-15-28-10-1-3-12-33(28)37-30/h1-4,7-13,15-17,19-21,24H,5-6,14,18,22-23,25H2,(H,40,41)(H,42,43)/p-1. The number of sulfonamides is 1. The highest BCUT2D eigenvalue weighted by molar-refractivity contribution is 9.10. The van der Waals surface area contributed by atoms with E-state index in [4.69, 9.17) is 4.98 Å². The first-order valence-electron chi connectivity index (χ1n) is 15.0. The number of carboxylic acids is 1. The summed E-state index contributed by atoms with van der Waals surface area (Å²) in [6.07, 6.45) is 1.98. The lowest BCUT2D eigenvalue weighted by Gasteiger charge is -2.28. The Hall–Kier alpha value is -4.10. The second-order valence-electron chi connectivity index (χ2n) is 11.0. The monoisotopic (exact) mass is 734 g/mol. The second-order valence-corrected chi connectivity index (χ2v) is 14.7. The van der Waals surface area contributed by atoms with Crippen LogP contribution in [0.1, 0.15) is 40.0 Å². The van der Waals surface area contributed by atoms with Gasteiger partial charge in [-0.1, -0.05) is 76.6 Å². The molecule has 1 heterocycles. The molecule has 0 saturated carbocycles. The van der Waals surface area contributed by atoms with Crippen LogP contribution in [0.5, 0.6) is 0 Å². The predicted molar refractivity (Wildman–Crippen MR) is 189 cm³/mol. The molecule has 0 saturated heterocycles. The maximum atomic E-state index is 14.0. The number of anilines is 2. The van der Waals surface area contributed by atoms with E-state index in [1.54, 1.807) is 42.5 Å². The van der Waals surface area contributed by atoms with Gasteiger partial charge in [0.15, 0.2) is 0 Å². The van der Waals surface area contributed by atoms with Crippen molar-refractivity contribution in [3.05, 3.63) is 136 Å². The number of hydrogen-bond acceptors (Lipinski definition) is 6. The van der Waals surface area contributed by atoms with Crippen LogP contribution >= 0.6 is 15.9 Å². The van der Waals surface area contributed by atoms with Crippen LogP contribution in [-0.4, -0.2) is 46.3 Å². The van der Waals surface area contributed by atoms with E-state index >= 15 is 0 Å². The zero-order valence-corrected chi connectivity index (χ0v) is 28.6. The largest absolute Gasteiger partial charge is 0.755 e. The Balaban J connectivity index is 1.31. The molecule has 5 rings (SSSR count). The summed E-state index contributed by atoms with van der Waals surface area (Å²) < 4.78 is 55.1. The maximum absolute atomic E-state index is 14.0. The van der Waals surface area contributed by atoms with E-state index in [1.807, 2.05) is 54.6 Å². The van der Waals surface area contributed by atoms with E-state index in [9.17, 15) is 27.1 Å². The number of aromatic nitrogens is 1. The van der Waals surface area contributed by atoms with Gasteiger partial charge in [0.1, 0.15) is 0 Å². The van der Waals surface area contributed by atoms with Gasteiger partial charge in [0, 0.05) is 45.6 Å². The van der Waals surface area contributed by atoms with Crippen molar-refractivity contribution in [2.75, 3.05) is 21.7 Å². The Bertz CT molecular complexity index is 1990. The number of rotatable bonds is 15. The molecule has 9 nitrogen and oxygen atoms in total. The summed E-state index contributed by atoms with van der Waals surface area (Å²) in [7, 11) is -4.05. The van der Waals surface area contributed by atoms with Crippen molar-refractivity contribution in [3.8, 4) is 0 Å². The molecule has 0 amide bonds. The van der Waals surface area contributed by atoms with Gasteiger partial charge < -0.3 is 14.0 Å². The summed E-state index contributed by atoms with van der Waals surface area (Å²) in [5, 5.41) is 10.9. The third-order valence-electron chi connectivity index (χ3n) is 7.67. The molecule has 244 valence electrons. The summed E-state index contributed by atoms with van der Waals surface area (Å²) in [6.45, 7) is 0.0972. The van der Waals surface area contributed by atoms with Gasteiger partial charge in [0.25, 0.3) is 0 Å². The van der Waals surface area contributed by atoms with E-state index in [0.717, 1.165) is 30.9 Å². The minimum atomic E-state index is -4.05. The van der Waals surface area contributed by atoms with Crippen molar-refractivity contribution < 1.29 is 27.1 Å². The number of aromatic carboxylic acids is 1. The molecule has 47 heavy (non-hydrogen) atoms. The van der Waals surface area contributed by atoms with Gasteiger partial charge in [0.2, 0.25) is 10.0 Å². The number of pyridine rings is 1. The summed E-state index contributed by atoms with van der Waals surface area (Å²) in [5.74, 6) is -1.58. The van der Waals surface area contributed by atoms with Crippen LogP contribution in [0.2, 0.25) is 0 Å². The molecular weight excluding hydrogens is 702 g/mol. The summed E-state index contributed by atoms with van der Waals surface area (Å²) in [4.78, 5) is 16.8. The number of hydrogen-bond donors (Lipinski definition) is 1. The smallest absolute Gasteiger partial charge is 0.337 e. The van der Waals surface area contributed by atoms with Crippen LogP contribution in [0.15, 0.2) is 114 Å². The topological polar surface area (TPSA) is 131 Å². The van der Waals surface area contributed by atoms with Crippen LogP contribution in [0.25, 0.3) is 10.9 Å². The number of carboxylic acid groups (broad SMARTS) is 1. The highest BCUT2D eigenvalue weighted by atomic mass is 79.9. The number of halogens is 1. The first-order chi connectivity index (χ1) is 22.6. The van der Waals surface area contributed by atoms with Crippen molar-refractivity contribution in [3.63, 3.8) is 0 Å². The van der Waals surface area contributed by atoms with E-state index in [1.165, 1.54) is 16.4 Å². The average Bonchev–Trinajstić information content (AvgIpc) is 3.05. The molecule has 0 aliphatic rings. The fourth-order valence-corrected chi connectivity index (χ4v) is 7.83. The van der Waals surface area contributed by atoms with Crippen LogP contribution < -0.4 is 8.61 Å². The van der Waals surface area contributed by atoms with Crippen molar-refractivity contribution in [2.45, 2.75) is 31.4 Å². The Morgan fingerprint density at radius 2 is 1.53 bits per heavy atom. The van der Waals surface area contributed by atoms with Crippen molar-refractivity contribution in [2.24, 2.45) is 0 Å². The Labute approximate surface area is 285 Å². The Morgan fingerprint density at radius 3 is 2.30 bits per heavy atom. The number of aryl methyl sites for hydroxylation is 2. The normalized spacial score (nSPS) is 12.1. The molecule has 0 spiro atoms. The number of carbonyl (C=O) groups is 1. The van der Waals surface area contributed by atoms with Crippen LogP contribution in [0.3, 0.4) is 0 Å². The van der Waals surface area contributed by atoms with Gasteiger partial charge in [-0.25, -0.2) is 13.2 Å². The zero-order chi connectivity index (χ0) is 33.4. The molecule has 5 aromatic rings. The number of para-hydroxylation sites is 2. The highest BCUT2D eigenvalue weighted by Gasteiger charge is 2.27. The van der Waals surface area contributed by atoms with Gasteiger partial charge >= 0.3 is 5.97 Å². The predicted octanol–water partition coefficient (Wildman–Crippen LogP) is 6.90. The molecule has 1 N–H and O–H groups in total. The second kappa shape index (κ2) is 15.7. The SMILES string of the molecule is O=C(O)c1ccccc1N(CCCCN(c1ccc(Br)cc1)S(=O)[O-])S(=O)(=O)Cc1cccc(CCc2ccc3ccccc3n2)c1. The first kappa shape index (κ1) is 34.2. The minimum absolute atomic E-state index is 0.0282. The van der Waals surface area contributed by atoms with Crippen molar-refractivity contribution >= 4 is 65.5 Å². The molecule has 0 radical (unpaired) electrons. The number of unbranched alkanes of at least 4 members (excludes halogenated alkanes) is 1.